The number of carboxylic acids is 1. The Morgan fingerprint density at radius 2 is 1.96 bits per heavy atom. The quantitative estimate of drug-likeness (QED) is 0.935. The normalized spacial score (nSPS) is 16.0. The molecule has 122 valence electrons. The highest BCUT2D eigenvalue weighted by atomic mass is 16.5. The van der Waals surface area contributed by atoms with Crippen LogP contribution in [0.15, 0.2) is 34.9 Å². The largest absolute Gasteiger partial charge is 0.476 e. The number of rotatable bonds is 4. The molecule has 0 aliphatic carbocycles. The lowest BCUT2D eigenvalue weighted by Gasteiger charge is -2.38. The molecule has 1 aliphatic rings. The Morgan fingerprint density at radius 3 is 2.57 bits per heavy atom. The zero-order valence-electron chi connectivity index (χ0n) is 13.4. The molecule has 0 spiro atoms. The molecule has 0 radical (unpaired) electrons. The third-order valence-electron chi connectivity index (χ3n) is 4.27. The lowest BCUT2D eigenvalue weighted by Crippen LogP contribution is -2.48. The molecule has 1 N–H and O–H groups in total. The van der Waals surface area contributed by atoms with Gasteiger partial charge in [-0.1, -0.05) is 17.3 Å². The molecule has 1 aliphatic heterocycles. The van der Waals surface area contributed by atoms with E-state index in [0.29, 0.717) is 11.8 Å². The summed E-state index contributed by atoms with van der Waals surface area (Å²) >= 11 is 0. The first-order valence-electron chi connectivity index (χ1n) is 7.84. The summed E-state index contributed by atoms with van der Waals surface area (Å²) in [5.74, 6) is -0.606. The van der Waals surface area contributed by atoms with E-state index in [9.17, 15) is 4.79 Å². The van der Waals surface area contributed by atoms with E-state index >= 15 is 0 Å². The number of hydrogen-bond donors (Lipinski definition) is 1. The Hall–Kier alpha value is -2.34. The summed E-state index contributed by atoms with van der Waals surface area (Å²) in [4.78, 5) is 15.7. The second kappa shape index (κ2) is 6.42. The van der Waals surface area contributed by atoms with Gasteiger partial charge in [-0.2, -0.15) is 0 Å². The standard InChI is InChI=1S/C17H21N3O3/c1-12(2)19-6-8-20(9-7-19)14-5-3-4-13(10-14)16-11-15(17(21)22)18-23-16/h3-5,10-12H,6-9H2,1-2H3,(H,21,22). The van der Waals surface area contributed by atoms with E-state index in [1.165, 1.54) is 6.07 Å². The number of aromatic carboxylic acids is 1. The highest BCUT2D eigenvalue weighted by molar-refractivity contribution is 5.86. The summed E-state index contributed by atoms with van der Waals surface area (Å²) in [6.07, 6.45) is 0. The Morgan fingerprint density at radius 1 is 1.22 bits per heavy atom. The molecule has 1 aromatic carbocycles. The van der Waals surface area contributed by atoms with E-state index in [-0.39, 0.29) is 5.69 Å². The van der Waals surface area contributed by atoms with Crippen LogP contribution in [0.25, 0.3) is 11.3 Å². The Balaban J connectivity index is 1.76. The predicted octanol–water partition coefficient (Wildman–Crippen LogP) is 2.57. The van der Waals surface area contributed by atoms with Crippen LogP contribution in [0.2, 0.25) is 0 Å². The van der Waals surface area contributed by atoms with Crippen molar-refractivity contribution in [3.63, 3.8) is 0 Å². The molecule has 0 unspecified atom stereocenters. The van der Waals surface area contributed by atoms with E-state index in [1.807, 2.05) is 18.2 Å². The SMILES string of the molecule is CC(C)N1CCN(c2cccc(-c3cc(C(=O)O)no3)c2)CC1. The number of carbonyl (C=O) groups is 1. The third-order valence-corrected chi connectivity index (χ3v) is 4.27. The minimum atomic E-state index is -1.08. The van der Waals surface area contributed by atoms with Gasteiger partial charge in [0.25, 0.3) is 0 Å². The Kier molecular flexibility index (Phi) is 4.34. The summed E-state index contributed by atoms with van der Waals surface area (Å²) in [6, 6.07) is 9.99. The van der Waals surface area contributed by atoms with E-state index < -0.39 is 5.97 Å². The molecule has 23 heavy (non-hydrogen) atoms. The van der Waals surface area contributed by atoms with E-state index in [1.54, 1.807) is 0 Å². The predicted molar refractivity (Wildman–Crippen MR) is 87.8 cm³/mol. The van der Waals surface area contributed by atoms with Gasteiger partial charge in [0.2, 0.25) is 0 Å². The summed E-state index contributed by atoms with van der Waals surface area (Å²) in [6.45, 7) is 8.51. The van der Waals surface area contributed by atoms with Gasteiger partial charge in [0.05, 0.1) is 0 Å². The molecule has 0 amide bonds. The topological polar surface area (TPSA) is 69.8 Å². The van der Waals surface area contributed by atoms with Crippen molar-refractivity contribution in [3.8, 4) is 11.3 Å². The third kappa shape index (κ3) is 3.37. The molecular weight excluding hydrogens is 294 g/mol. The maximum Gasteiger partial charge on any atom is 0.358 e. The molecular formula is C17H21N3O3. The van der Waals surface area contributed by atoms with Gasteiger partial charge in [-0.05, 0) is 26.0 Å². The lowest BCUT2D eigenvalue weighted by molar-refractivity contribution is 0.0686. The second-order valence-corrected chi connectivity index (χ2v) is 6.05. The van der Waals surface area contributed by atoms with Crippen LogP contribution in [0.3, 0.4) is 0 Å². The summed E-state index contributed by atoms with van der Waals surface area (Å²) in [5, 5.41) is 12.5. The first-order valence-corrected chi connectivity index (χ1v) is 7.84. The number of aromatic nitrogens is 1. The molecule has 1 saturated heterocycles. The van der Waals surface area contributed by atoms with Crippen molar-refractivity contribution in [1.82, 2.24) is 10.1 Å². The van der Waals surface area contributed by atoms with Gasteiger partial charge in [0.15, 0.2) is 11.5 Å². The van der Waals surface area contributed by atoms with E-state index in [0.717, 1.165) is 37.4 Å². The van der Waals surface area contributed by atoms with Crippen molar-refractivity contribution in [3.05, 3.63) is 36.0 Å². The van der Waals surface area contributed by atoms with Crippen LogP contribution in [-0.2, 0) is 0 Å². The zero-order valence-corrected chi connectivity index (χ0v) is 13.4. The number of hydrogen-bond acceptors (Lipinski definition) is 5. The van der Waals surface area contributed by atoms with Crippen molar-refractivity contribution >= 4 is 11.7 Å². The molecule has 6 heteroatoms. The van der Waals surface area contributed by atoms with Crippen LogP contribution >= 0.6 is 0 Å². The molecule has 3 rings (SSSR count). The van der Waals surface area contributed by atoms with Crippen LogP contribution in [0.5, 0.6) is 0 Å². The van der Waals surface area contributed by atoms with Crippen LogP contribution in [0.4, 0.5) is 5.69 Å². The molecule has 6 nitrogen and oxygen atoms in total. The summed E-state index contributed by atoms with van der Waals surface area (Å²) < 4.78 is 5.15. The van der Waals surface area contributed by atoms with Crippen LogP contribution < -0.4 is 4.90 Å². The average Bonchev–Trinajstić information content (AvgIpc) is 3.05. The fraction of sp³-hybridized carbons (Fsp3) is 0.412. The number of carboxylic acid groups (broad SMARTS) is 1. The van der Waals surface area contributed by atoms with Gasteiger partial charge in [-0.25, -0.2) is 4.79 Å². The van der Waals surface area contributed by atoms with Gasteiger partial charge in [0.1, 0.15) is 0 Å². The summed E-state index contributed by atoms with van der Waals surface area (Å²) in [5.41, 5.74) is 1.89. The van der Waals surface area contributed by atoms with Gasteiger partial charge in [-0.3, -0.25) is 4.90 Å². The van der Waals surface area contributed by atoms with Crippen LogP contribution in [0.1, 0.15) is 24.3 Å². The van der Waals surface area contributed by atoms with Crippen molar-refractivity contribution < 1.29 is 14.4 Å². The highest BCUT2D eigenvalue weighted by Crippen LogP contribution is 2.26. The van der Waals surface area contributed by atoms with E-state index in [2.05, 4.69) is 34.9 Å². The molecule has 1 fully saturated rings. The van der Waals surface area contributed by atoms with Crippen molar-refractivity contribution in [2.75, 3.05) is 31.1 Å². The minimum absolute atomic E-state index is 0.0732. The Bertz CT molecular complexity index is 688. The minimum Gasteiger partial charge on any atom is -0.476 e. The first-order chi connectivity index (χ1) is 11.0. The van der Waals surface area contributed by atoms with Crippen molar-refractivity contribution in [1.29, 1.82) is 0 Å². The maximum absolute atomic E-state index is 10.9. The number of anilines is 1. The maximum atomic E-state index is 10.9. The Labute approximate surface area is 135 Å². The molecule has 2 aromatic rings. The molecule has 2 heterocycles. The van der Waals surface area contributed by atoms with Crippen LogP contribution in [-0.4, -0.2) is 53.4 Å². The van der Waals surface area contributed by atoms with Gasteiger partial charge < -0.3 is 14.5 Å². The molecule has 1 aromatic heterocycles. The summed E-state index contributed by atoms with van der Waals surface area (Å²) in [7, 11) is 0. The fourth-order valence-electron chi connectivity index (χ4n) is 2.86. The van der Waals surface area contributed by atoms with Crippen molar-refractivity contribution in [2.24, 2.45) is 0 Å². The fourth-order valence-corrected chi connectivity index (χ4v) is 2.86. The zero-order chi connectivity index (χ0) is 16.4. The second-order valence-electron chi connectivity index (χ2n) is 6.05. The first kappa shape index (κ1) is 15.6. The number of piperazine rings is 1. The number of benzene rings is 1. The van der Waals surface area contributed by atoms with Crippen LogP contribution in [0, 0.1) is 0 Å². The van der Waals surface area contributed by atoms with Crippen molar-refractivity contribution in [2.45, 2.75) is 19.9 Å². The number of nitrogens with zero attached hydrogens (tertiary/aromatic N) is 3. The smallest absolute Gasteiger partial charge is 0.358 e. The molecule has 0 saturated carbocycles. The monoisotopic (exact) mass is 315 g/mol. The highest BCUT2D eigenvalue weighted by Gasteiger charge is 2.19. The average molecular weight is 315 g/mol. The van der Waals surface area contributed by atoms with E-state index in [4.69, 9.17) is 9.63 Å². The van der Waals surface area contributed by atoms with Gasteiger partial charge in [-0.15, -0.1) is 0 Å². The molecule has 0 atom stereocenters. The molecule has 0 bridgehead atoms. The lowest BCUT2D eigenvalue weighted by atomic mass is 10.1. The van der Waals surface area contributed by atoms with Gasteiger partial charge >= 0.3 is 5.97 Å². The van der Waals surface area contributed by atoms with Gasteiger partial charge in [0, 0.05) is 49.5 Å².